The van der Waals surface area contributed by atoms with E-state index in [2.05, 4.69) is 4.98 Å². The second-order valence-corrected chi connectivity index (χ2v) is 3.43. The van der Waals surface area contributed by atoms with Crippen molar-refractivity contribution in [3.63, 3.8) is 0 Å². The molecule has 1 aromatic heterocycles. The molecule has 0 radical (unpaired) electrons. The maximum absolute atomic E-state index is 12.6. The summed E-state index contributed by atoms with van der Waals surface area (Å²) in [4.78, 5) is 13.7. The van der Waals surface area contributed by atoms with E-state index >= 15 is 0 Å². The summed E-state index contributed by atoms with van der Waals surface area (Å²) in [5.74, 6) is -2.22. The van der Waals surface area contributed by atoms with Gasteiger partial charge in [0.1, 0.15) is 0 Å². The minimum atomic E-state index is -1.70. The van der Waals surface area contributed by atoms with Crippen LogP contribution < -0.4 is 0 Å². The van der Waals surface area contributed by atoms with Crippen molar-refractivity contribution in [3.8, 4) is 0 Å². The second kappa shape index (κ2) is 3.97. The van der Waals surface area contributed by atoms with E-state index in [1.54, 1.807) is 22.6 Å². The summed E-state index contributed by atoms with van der Waals surface area (Å²) >= 11 is 1.77. The Morgan fingerprint density at radius 2 is 2.31 bits per heavy atom. The van der Waals surface area contributed by atoms with Crippen LogP contribution in [-0.4, -0.2) is 21.2 Å². The molecule has 0 aromatic carbocycles. The van der Waals surface area contributed by atoms with Crippen LogP contribution in [0, 0.1) is 9.52 Å². The molecule has 0 spiro atoms. The number of carbonyl (C=O) groups is 1. The van der Waals surface area contributed by atoms with E-state index < -0.39 is 18.0 Å². The number of hydrogen-bond acceptors (Lipinski definition) is 3. The van der Waals surface area contributed by atoms with E-state index in [4.69, 9.17) is 10.2 Å². The fraction of sp³-hybridized carbons (Fsp3) is 0.143. The van der Waals surface area contributed by atoms with E-state index in [1.165, 1.54) is 0 Å². The molecule has 4 nitrogen and oxygen atoms in total. The standard InChI is InChI=1S/C7H5FINO3/c8-5-1-3(4(9)2-10-5)6(11)7(12)13/h1-2,6,11H,(H,12,13). The van der Waals surface area contributed by atoms with Crippen molar-refractivity contribution < 1.29 is 19.4 Å². The lowest BCUT2D eigenvalue weighted by molar-refractivity contribution is -0.147. The number of carboxylic acid groups (broad SMARTS) is 1. The van der Waals surface area contributed by atoms with Crippen molar-refractivity contribution >= 4 is 28.6 Å². The summed E-state index contributed by atoms with van der Waals surface area (Å²) in [5, 5.41) is 17.6. The normalized spacial score (nSPS) is 12.5. The maximum Gasteiger partial charge on any atom is 0.337 e. The van der Waals surface area contributed by atoms with Crippen LogP contribution in [-0.2, 0) is 4.79 Å². The molecule has 1 rings (SSSR count). The number of aliphatic hydroxyl groups excluding tert-OH is 1. The first-order valence-corrected chi connectivity index (χ1v) is 4.32. The lowest BCUT2D eigenvalue weighted by atomic mass is 10.1. The van der Waals surface area contributed by atoms with Crippen molar-refractivity contribution in [2.75, 3.05) is 0 Å². The number of hydrogen-bond donors (Lipinski definition) is 2. The predicted molar refractivity (Wildman–Crippen MR) is 49.5 cm³/mol. The van der Waals surface area contributed by atoms with E-state index in [0.717, 1.165) is 12.3 Å². The van der Waals surface area contributed by atoms with Crippen LogP contribution in [0.3, 0.4) is 0 Å². The molecular weight excluding hydrogens is 292 g/mol. The zero-order chi connectivity index (χ0) is 10.0. The maximum atomic E-state index is 12.6. The highest BCUT2D eigenvalue weighted by Crippen LogP contribution is 2.19. The molecule has 0 amide bonds. The smallest absolute Gasteiger partial charge is 0.337 e. The number of halogens is 2. The van der Waals surface area contributed by atoms with Crippen LogP contribution in [0.1, 0.15) is 11.7 Å². The van der Waals surface area contributed by atoms with Gasteiger partial charge >= 0.3 is 5.97 Å². The van der Waals surface area contributed by atoms with Crippen molar-refractivity contribution in [3.05, 3.63) is 27.3 Å². The van der Waals surface area contributed by atoms with E-state index in [-0.39, 0.29) is 5.56 Å². The Morgan fingerprint density at radius 3 is 2.85 bits per heavy atom. The van der Waals surface area contributed by atoms with Crippen molar-refractivity contribution in [2.45, 2.75) is 6.10 Å². The fourth-order valence-corrected chi connectivity index (χ4v) is 1.36. The minimum Gasteiger partial charge on any atom is -0.479 e. The summed E-state index contributed by atoms with van der Waals surface area (Å²) < 4.78 is 13.0. The molecule has 0 fully saturated rings. The second-order valence-electron chi connectivity index (χ2n) is 2.27. The molecule has 0 aliphatic carbocycles. The van der Waals surface area contributed by atoms with Gasteiger partial charge in [0.05, 0.1) is 0 Å². The Balaban J connectivity index is 3.12. The topological polar surface area (TPSA) is 70.4 Å². The van der Waals surface area contributed by atoms with Crippen molar-refractivity contribution in [1.82, 2.24) is 4.98 Å². The Kier molecular flexibility index (Phi) is 3.15. The molecule has 1 atom stereocenters. The molecule has 1 unspecified atom stereocenters. The summed E-state index contributed by atoms with van der Waals surface area (Å²) in [6.45, 7) is 0. The molecule has 0 aliphatic rings. The zero-order valence-corrected chi connectivity index (χ0v) is 8.40. The van der Waals surface area contributed by atoms with Gasteiger partial charge < -0.3 is 10.2 Å². The van der Waals surface area contributed by atoms with Crippen LogP contribution in [0.15, 0.2) is 12.3 Å². The zero-order valence-electron chi connectivity index (χ0n) is 6.24. The third-order valence-corrected chi connectivity index (χ3v) is 2.28. The molecule has 13 heavy (non-hydrogen) atoms. The molecular formula is C7H5FINO3. The number of pyridine rings is 1. The van der Waals surface area contributed by atoms with E-state index in [1.807, 2.05) is 0 Å². The van der Waals surface area contributed by atoms with Crippen LogP contribution in [0.5, 0.6) is 0 Å². The summed E-state index contributed by atoms with van der Waals surface area (Å²) in [6.07, 6.45) is -0.540. The molecule has 0 saturated carbocycles. The van der Waals surface area contributed by atoms with Gasteiger partial charge in [-0.2, -0.15) is 4.39 Å². The van der Waals surface area contributed by atoms with Gasteiger partial charge in [0, 0.05) is 21.4 Å². The Hall–Kier alpha value is -0.760. The largest absolute Gasteiger partial charge is 0.479 e. The SMILES string of the molecule is O=C(O)C(O)c1cc(F)ncc1I. The minimum absolute atomic E-state index is 0.0144. The van der Waals surface area contributed by atoms with Gasteiger partial charge in [0.15, 0.2) is 6.10 Å². The van der Waals surface area contributed by atoms with Gasteiger partial charge in [-0.05, 0) is 22.6 Å². The highest BCUT2D eigenvalue weighted by atomic mass is 127. The predicted octanol–water partition coefficient (Wildman–Crippen LogP) is 0.943. The molecule has 1 heterocycles. The highest BCUT2D eigenvalue weighted by Gasteiger charge is 2.19. The molecule has 2 N–H and O–H groups in total. The first kappa shape index (κ1) is 10.3. The lowest BCUT2D eigenvalue weighted by Gasteiger charge is -2.07. The average Bonchev–Trinajstić information content (AvgIpc) is 2.08. The third kappa shape index (κ3) is 2.34. The average molecular weight is 297 g/mol. The van der Waals surface area contributed by atoms with Crippen LogP contribution >= 0.6 is 22.6 Å². The Bertz CT molecular complexity index is 345. The molecule has 0 saturated heterocycles. The lowest BCUT2D eigenvalue weighted by Crippen LogP contribution is -2.12. The Morgan fingerprint density at radius 1 is 1.69 bits per heavy atom. The summed E-state index contributed by atoms with van der Waals surface area (Å²) in [5.41, 5.74) is 0.0144. The van der Waals surface area contributed by atoms with Crippen molar-refractivity contribution in [1.29, 1.82) is 0 Å². The van der Waals surface area contributed by atoms with E-state index in [9.17, 15) is 9.18 Å². The first-order chi connectivity index (χ1) is 6.02. The first-order valence-electron chi connectivity index (χ1n) is 3.24. The van der Waals surface area contributed by atoms with Crippen LogP contribution in [0.2, 0.25) is 0 Å². The molecule has 70 valence electrons. The monoisotopic (exact) mass is 297 g/mol. The third-order valence-electron chi connectivity index (χ3n) is 1.38. The molecule has 0 aliphatic heterocycles. The van der Waals surface area contributed by atoms with Gasteiger partial charge in [-0.1, -0.05) is 0 Å². The fourth-order valence-electron chi connectivity index (χ4n) is 0.770. The number of aliphatic carboxylic acids is 1. The van der Waals surface area contributed by atoms with Gasteiger partial charge in [-0.3, -0.25) is 0 Å². The van der Waals surface area contributed by atoms with Crippen LogP contribution in [0.4, 0.5) is 4.39 Å². The van der Waals surface area contributed by atoms with Crippen LogP contribution in [0.25, 0.3) is 0 Å². The summed E-state index contributed by atoms with van der Waals surface area (Å²) in [6, 6.07) is 0.903. The van der Waals surface area contributed by atoms with Gasteiger partial charge in [-0.15, -0.1) is 0 Å². The summed E-state index contributed by atoms with van der Waals surface area (Å²) in [7, 11) is 0. The Labute approximate surface area is 86.6 Å². The molecule has 0 bridgehead atoms. The quantitative estimate of drug-likeness (QED) is 0.629. The van der Waals surface area contributed by atoms with Gasteiger partial charge in [0.2, 0.25) is 5.95 Å². The van der Waals surface area contributed by atoms with Crippen molar-refractivity contribution in [2.24, 2.45) is 0 Å². The number of aromatic nitrogens is 1. The highest BCUT2D eigenvalue weighted by molar-refractivity contribution is 14.1. The number of aliphatic hydroxyl groups is 1. The number of rotatable bonds is 2. The number of nitrogens with zero attached hydrogens (tertiary/aromatic N) is 1. The molecule has 1 aromatic rings. The van der Waals surface area contributed by atoms with Gasteiger partial charge in [0.25, 0.3) is 0 Å². The number of carboxylic acids is 1. The van der Waals surface area contributed by atoms with E-state index in [0.29, 0.717) is 3.57 Å². The van der Waals surface area contributed by atoms with Gasteiger partial charge in [-0.25, -0.2) is 9.78 Å². The molecule has 6 heteroatoms.